The highest BCUT2D eigenvalue weighted by Crippen LogP contribution is 2.18. The molecule has 0 aromatic heterocycles. The third-order valence-electron chi connectivity index (χ3n) is 2.55. The summed E-state index contributed by atoms with van der Waals surface area (Å²) in [4.78, 5) is 13.3. The largest absolute Gasteiger partial charge is 0.377 e. The van der Waals surface area contributed by atoms with Crippen LogP contribution in [0.3, 0.4) is 0 Å². The van der Waals surface area contributed by atoms with Crippen LogP contribution in [0.2, 0.25) is 0 Å². The van der Waals surface area contributed by atoms with Crippen LogP contribution in [0.5, 0.6) is 0 Å². The van der Waals surface area contributed by atoms with Crippen LogP contribution < -0.4 is 0 Å². The second kappa shape index (κ2) is 5.68. The number of carbonyl (C=O) groups excluding carboxylic acids is 1. The summed E-state index contributed by atoms with van der Waals surface area (Å²) in [5, 5.41) is -0.483. The minimum absolute atomic E-state index is 0.0284. The first-order valence-corrected chi connectivity index (χ1v) is 5.61. The van der Waals surface area contributed by atoms with E-state index in [2.05, 4.69) is 0 Å². The molecule has 88 valence electrons. The molecule has 0 radical (unpaired) electrons. The summed E-state index contributed by atoms with van der Waals surface area (Å²) in [5.41, 5.74) is 0. The molecule has 1 aliphatic heterocycles. The Labute approximate surface area is 95.5 Å². The minimum atomic E-state index is -0.483. The normalized spacial score (nSPS) is 28.1. The monoisotopic (exact) mass is 235 g/mol. The van der Waals surface area contributed by atoms with E-state index in [0.717, 1.165) is 0 Å². The molecule has 0 aromatic rings. The molecule has 1 amide bonds. The quantitative estimate of drug-likeness (QED) is 0.679. The van der Waals surface area contributed by atoms with Gasteiger partial charge in [0.05, 0.1) is 0 Å². The van der Waals surface area contributed by atoms with E-state index in [9.17, 15) is 4.79 Å². The van der Waals surface area contributed by atoms with Crippen molar-refractivity contribution in [3.8, 4) is 0 Å². The van der Waals surface area contributed by atoms with Gasteiger partial charge in [-0.05, 0) is 13.8 Å². The zero-order valence-electron chi connectivity index (χ0n) is 9.40. The first-order chi connectivity index (χ1) is 7.10. The van der Waals surface area contributed by atoms with Gasteiger partial charge in [0.2, 0.25) is 5.91 Å². The van der Waals surface area contributed by atoms with E-state index >= 15 is 0 Å². The Kier molecular flexibility index (Phi) is 4.83. The fourth-order valence-electron chi connectivity index (χ4n) is 1.78. The van der Waals surface area contributed by atoms with Gasteiger partial charge in [-0.15, -0.1) is 11.6 Å². The predicted molar refractivity (Wildman–Crippen MR) is 58.1 cm³/mol. The SMILES string of the molecule is CCO[C@@H]1CN(C(=O)[C@@H](C)Cl)C[C@H]1OC. The highest BCUT2D eigenvalue weighted by atomic mass is 35.5. The lowest BCUT2D eigenvalue weighted by molar-refractivity contribution is -0.130. The van der Waals surface area contributed by atoms with E-state index < -0.39 is 5.38 Å². The molecule has 0 aliphatic carbocycles. The van der Waals surface area contributed by atoms with Gasteiger partial charge in [-0.25, -0.2) is 0 Å². The van der Waals surface area contributed by atoms with Crippen LogP contribution in [0.1, 0.15) is 13.8 Å². The average Bonchev–Trinajstić information content (AvgIpc) is 2.60. The van der Waals surface area contributed by atoms with Crippen molar-refractivity contribution >= 4 is 17.5 Å². The van der Waals surface area contributed by atoms with Crippen LogP contribution in [0.4, 0.5) is 0 Å². The molecule has 1 fully saturated rings. The number of methoxy groups -OCH3 is 1. The maximum absolute atomic E-state index is 11.6. The van der Waals surface area contributed by atoms with E-state index in [-0.39, 0.29) is 18.1 Å². The number of nitrogens with zero attached hydrogens (tertiary/aromatic N) is 1. The second-order valence-electron chi connectivity index (χ2n) is 3.63. The smallest absolute Gasteiger partial charge is 0.240 e. The van der Waals surface area contributed by atoms with Crippen LogP contribution in [0, 0.1) is 0 Å². The second-order valence-corrected chi connectivity index (χ2v) is 4.28. The Bertz CT molecular complexity index is 223. The Morgan fingerprint density at radius 2 is 2.13 bits per heavy atom. The Morgan fingerprint density at radius 1 is 1.53 bits per heavy atom. The van der Waals surface area contributed by atoms with Crippen molar-refractivity contribution in [1.82, 2.24) is 4.90 Å². The lowest BCUT2D eigenvalue weighted by atomic mass is 10.2. The fourth-order valence-corrected chi connectivity index (χ4v) is 1.91. The summed E-state index contributed by atoms with van der Waals surface area (Å²) < 4.78 is 10.8. The van der Waals surface area contributed by atoms with E-state index in [1.807, 2.05) is 6.92 Å². The van der Waals surface area contributed by atoms with Gasteiger partial charge in [-0.1, -0.05) is 0 Å². The molecule has 1 saturated heterocycles. The number of ether oxygens (including phenoxy) is 2. The van der Waals surface area contributed by atoms with Gasteiger partial charge < -0.3 is 14.4 Å². The standard InChI is InChI=1S/C10H18ClNO3/c1-4-15-9-6-12(5-8(9)14-3)10(13)7(2)11/h7-9H,4-6H2,1-3H3/t7-,8-,9-/m1/s1. The molecular formula is C10H18ClNO3. The Hall–Kier alpha value is -0.320. The van der Waals surface area contributed by atoms with E-state index in [1.165, 1.54) is 0 Å². The first-order valence-electron chi connectivity index (χ1n) is 5.17. The average molecular weight is 236 g/mol. The van der Waals surface area contributed by atoms with Crippen molar-refractivity contribution in [3.05, 3.63) is 0 Å². The third kappa shape index (κ3) is 3.06. The van der Waals surface area contributed by atoms with Gasteiger partial charge in [0, 0.05) is 26.8 Å². The van der Waals surface area contributed by atoms with Gasteiger partial charge in [-0.3, -0.25) is 4.79 Å². The van der Waals surface area contributed by atoms with Crippen LogP contribution in [0.25, 0.3) is 0 Å². The van der Waals surface area contributed by atoms with Crippen molar-refractivity contribution < 1.29 is 14.3 Å². The van der Waals surface area contributed by atoms with Gasteiger partial charge in [0.15, 0.2) is 0 Å². The van der Waals surface area contributed by atoms with E-state index in [0.29, 0.717) is 19.7 Å². The van der Waals surface area contributed by atoms with Gasteiger partial charge >= 0.3 is 0 Å². The van der Waals surface area contributed by atoms with E-state index in [4.69, 9.17) is 21.1 Å². The number of amides is 1. The molecule has 0 bridgehead atoms. The van der Waals surface area contributed by atoms with Crippen molar-refractivity contribution in [3.63, 3.8) is 0 Å². The van der Waals surface area contributed by atoms with Crippen LogP contribution in [-0.2, 0) is 14.3 Å². The number of halogens is 1. The topological polar surface area (TPSA) is 38.8 Å². The molecule has 3 atom stereocenters. The number of rotatable bonds is 4. The molecule has 0 aromatic carbocycles. The zero-order valence-corrected chi connectivity index (χ0v) is 10.2. The molecule has 15 heavy (non-hydrogen) atoms. The first kappa shape index (κ1) is 12.7. The molecule has 0 spiro atoms. The van der Waals surface area contributed by atoms with Crippen LogP contribution in [0.15, 0.2) is 0 Å². The summed E-state index contributed by atoms with van der Waals surface area (Å²) in [7, 11) is 1.63. The zero-order chi connectivity index (χ0) is 11.4. The summed E-state index contributed by atoms with van der Waals surface area (Å²) in [6.45, 7) is 5.38. The molecule has 0 unspecified atom stereocenters. The number of likely N-dealkylation sites (tertiary alicyclic amines) is 1. The minimum Gasteiger partial charge on any atom is -0.377 e. The molecule has 1 rings (SSSR count). The molecule has 5 heteroatoms. The van der Waals surface area contributed by atoms with Crippen LogP contribution >= 0.6 is 11.6 Å². The highest BCUT2D eigenvalue weighted by molar-refractivity contribution is 6.30. The number of alkyl halides is 1. The lowest BCUT2D eigenvalue weighted by Gasteiger charge is -2.16. The van der Waals surface area contributed by atoms with Gasteiger partial charge in [-0.2, -0.15) is 0 Å². The number of hydrogen-bond donors (Lipinski definition) is 0. The summed E-state index contributed by atoms with van der Waals surface area (Å²) in [6.07, 6.45) is -0.0660. The third-order valence-corrected chi connectivity index (χ3v) is 2.74. The summed E-state index contributed by atoms with van der Waals surface area (Å²) in [5.74, 6) is -0.0547. The fraction of sp³-hybridized carbons (Fsp3) is 0.900. The van der Waals surface area contributed by atoms with Crippen molar-refractivity contribution in [1.29, 1.82) is 0 Å². The lowest BCUT2D eigenvalue weighted by Crippen LogP contribution is -2.34. The molecule has 0 saturated carbocycles. The summed E-state index contributed by atoms with van der Waals surface area (Å²) in [6, 6.07) is 0. The van der Waals surface area contributed by atoms with E-state index in [1.54, 1.807) is 18.9 Å². The van der Waals surface area contributed by atoms with Crippen molar-refractivity contribution in [2.75, 3.05) is 26.8 Å². The van der Waals surface area contributed by atoms with Crippen LogP contribution in [-0.4, -0.2) is 55.2 Å². The highest BCUT2D eigenvalue weighted by Gasteiger charge is 2.36. The molecular weight excluding hydrogens is 218 g/mol. The maximum Gasteiger partial charge on any atom is 0.240 e. The van der Waals surface area contributed by atoms with Gasteiger partial charge in [0.25, 0.3) is 0 Å². The van der Waals surface area contributed by atoms with Crippen molar-refractivity contribution in [2.45, 2.75) is 31.4 Å². The number of carbonyl (C=O) groups is 1. The Balaban J connectivity index is 2.56. The summed E-state index contributed by atoms with van der Waals surface area (Å²) >= 11 is 5.75. The molecule has 1 heterocycles. The van der Waals surface area contributed by atoms with Gasteiger partial charge in [0.1, 0.15) is 17.6 Å². The number of hydrogen-bond acceptors (Lipinski definition) is 3. The van der Waals surface area contributed by atoms with Crippen molar-refractivity contribution in [2.24, 2.45) is 0 Å². The predicted octanol–water partition coefficient (Wildman–Crippen LogP) is 0.876. The Morgan fingerprint density at radius 3 is 2.60 bits per heavy atom. The molecule has 4 nitrogen and oxygen atoms in total. The molecule has 1 aliphatic rings. The maximum atomic E-state index is 11.6. The molecule has 0 N–H and O–H groups in total.